The molecule has 0 saturated heterocycles. The number of para-hydroxylation sites is 1. The van der Waals surface area contributed by atoms with Crippen molar-refractivity contribution in [2.45, 2.75) is 31.8 Å². The van der Waals surface area contributed by atoms with Gasteiger partial charge in [0.2, 0.25) is 0 Å². The second-order valence-corrected chi connectivity index (χ2v) is 4.89. The van der Waals surface area contributed by atoms with Gasteiger partial charge in [0, 0.05) is 24.2 Å². The number of rotatable bonds is 6. The normalized spacial score (nSPS) is 17.2. The molecule has 0 unspecified atom stereocenters. The maximum Gasteiger partial charge on any atom is 0.124 e. The van der Waals surface area contributed by atoms with Crippen LogP contribution in [0.1, 0.15) is 31.4 Å². The van der Waals surface area contributed by atoms with Gasteiger partial charge in [0.05, 0.1) is 0 Å². The number of hydrogen-bond donors (Lipinski definition) is 1. The molecule has 2 rings (SSSR count). The minimum Gasteiger partial charge on any atom is -0.492 e. The van der Waals surface area contributed by atoms with Gasteiger partial charge < -0.3 is 15.4 Å². The number of likely N-dealkylation sites (N-methyl/N-ethyl adjacent to an activating group) is 1. The lowest BCUT2D eigenvalue weighted by Gasteiger charge is -2.18. The minimum absolute atomic E-state index is 0.0207. The molecule has 1 aromatic carbocycles. The van der Waals surface area contributed by atoms with Crippen molar-refractivity contribution in [1.82, 2.24) is 4.90 Å². The van der Waals surface area contributed by atoms with Crippen molar-refractivity contribution < 1.29 is 4.74 Å². The predicted octanol–water partition coefficient (Wildman–Crippen LogP) is 2.18. The fraction of sp³-hybridized carbons (Fsp3) is 0.571. The second kappa shape index (κ2) is 5.52. The maximum atomic E-state index is 5.91. The van der Waals surface area contributed by atoms with Crippen LogP contribution in [0, 0.1) is 0 Å². The van der Waals surface area contributed by atoms with Gasteiger partial charge in [-0.05, 0) is 32.9 Å². The largest absolute Gasteiger partial charge is 0.492 e. The third-order valence-electron chi connectivity index (χ3n) is 3.28. The van der Waals surface area contributed by atoms with Crippen LogP contribution in [-0.4, -0.2) is 31.1 Å². The van der Waals surface area contributed by atoms with Gasteiger partial charge >= 0.3 is 0 Å². The monoisotopic (exact) mass is 234 g/mol. The summed E-state index contributed by atoms with van der Waals surface area (Å²) < 4.78 is 5.83. The Kier molecular flexibility index (Phi) is 4.02. The molecule has 0 spiro atoms. The summed E-state index contributed by atoms with van der Waals surface area (Å²) in [4.78, 5) is 2.37. The van der Waals surface area contributed by atoms with E-state index < -0.39 is 0 Å². The smallest absolute Gasteiger partial charge is 0.124 e. The van der Waals surface area contributed by atoms with Gasteiger partial charge in [-0.2, -0.15) is 0 Å². The Morgan fingerprint density at radius 1 is 1.41 bits per heavy atom. The highest BCUT2D eigenvalue weighted by atomic mass is 16.5. The molecule has 0 amide bonds. The van der Waals surface area contributed by atoms with Gasteiger partial charge in [0.1, 0.15) is 12.4 Å². The predicted molar refractivity (Wildman–Crippen MR) is 70.2 cm³/mol. The van der Waals surface area contributed by atoms with Crippen molar-refractivity contribution >= 4 is 0 Å². The minimum atomic E-state index is 0.0207. The van der Waals surface area contributed by atoms with Crippen molar-refractivity contribution in [3.63, 3.8) is 0 Å². The summed E-state index contributed by atoms with van der Waals surface area (Å²) in [6.07, 6.45) is 2.68. The topological polar surface area (TPSA) is 38.5 Å². The first-order valence-corrected chi connectivity index (χ1v) is 6.36. The van der Waals surface area contributed by atoms with Gasteiger partial charge in [-0.15, -0.1) is 0 Å². The Morgan fingerprint density at radius 2 is 2.12 bits per heavy atom. The molecule has 1 saturated carbocycles. The molecule has 1 fully saturated rings. The molecule has 1 aliphatic rings. The lowest BCUT2D eigenvalue weighted by molar-refractivity contribution is 0.230. The number of nitrogens with zero attached hydrogens (tertiary/aromatic N) is 1. The zero-order valence-corrected chi connectivity index (χ0v) is 10.7. The number of hydrogen-bond acceptors (Lipinski definition) is 3. The van der Waals surface area contributed by atoms with Crippen LogP contribution in [-0.2, 0) is 0 Å². The summed E-state index contributed by atoms with van der Waals surface area (Å²) in [5.41, 5.74) is 7.00. The van der Waals surface area contributed by atoms with E-state index in [-0.39, 0.29) is 6.04 Å². The first kappa shape index (κ1) is 12.4. The van der Waals surface area contributed by atoms with Crippen molar-refractivity contribution in [1.29, 1.82) is 0 Å². The standard InChI is InChI=1S/C14H22N2O/c1-11(15)13-5-3-4-6-14(13)17-10-9-16(2)12-7-8-12/h3-6,11-12H,7-10,15H2,1-2H3/t11-/m1/s1. The van der Waals surface area contributed by atoms with Crippen molar-refractivity contribution in [3.8, 4) is 5.75 Å². The van der Waals surface area contributed by atoms with Crippen LogP contribution < -0.4 is 10.5 Å². The Bertz CT molecular complexity index is 361. The average molecular weight is 234 g/mol. The third kappa shape index (κ3) is 3.45. The number of benzene rings is 1. The Morgan fingerprint density at radius 3 is 2.76 bits per heavy atom. The van der Waals surface area contributed by atoms with Crippen LogP contribution in [0.5, 0.6) is 5.75 Å². The van der Waals surface area contributed by atoms with E-state index in [0.717, 1.165) is 30.5 Å². The summed E-state index contributed by atoms with van der Waals surface area (Å²) in [6.45, 7) is 3.70. The SMILES string of the molecule is C[C@@H](N)c1ccccc1OCCN(C)C1CC1. The lowest BCUT2D eigenvalue weighted by Crippen LogP contribution is -2.26. The van der Waals surface area contributed by atoms with Crippen LogP contribution in [0.4, 0.5) is 0 Å². The van der Waals surface area contributed by atoms with Gasteiger partial charge in [0.15, 0.2) is 0 Å². The quantitative estimate of drug-likeness (QED) is 0.820. The lowest BCUT2D eigenvalue weighted by atomic mass is 10.1. The molecule has 1 aromatic rings. The fourth-order valence-electron chi connectivity index (χ4n) is 1.99. The van der Waals surface area contributed by atoms with Crippen LogP contribution >= 0.6 is 0 Å². The molecule has 3 heteroatoms. The van der Waals surface area contributed by atoms with Crippen LogP contribution in [0.3, 0.4) is 0 Å². The van der Waals surface area contributed by atoms with E-state index in [2.05, 4.69) is 11.9 Å². The van der Waals surface area contributed by atoms with E-state index in [9.17, 15) is 0 Å². The van der Waals surface area contributed by atoms with E-state index in [1.807, 2.05) is 31.2 Å². The fourth-order valence-corrected chi connectivity index (χ4v) is 1.99. The third-order valence-corrected chi connectivity index (χ3v) is 3.28. The highest BCUT2D eigenvalue weighted by molar-refractivity contribution is 5.35. The number of ether oxygens (including phenoxy) is 1. The second-order valence-electron chi connectivity index (χ2n) is 4.89. The van der Waals surface area contributed by atoms with Crippen LogP contribution in [0.25, 0.3) is 0 Å². The highest BCUT2D eigenvalue weighted by Crippen LogP contribution is 2.26. The average Bonchev–Trinajstić information content (AvgIpc) is 3.13. The van der Waals surface area contributed by atoms with E-state index >= 15 is 0 Å². The van der Waals surface area contributed by atoms with E-state index in [1.165, 1.54) is 12.8 Å². The summed E-state index contributed by atoms with van der Waals surface area (Å²) >= 11 is 0. The summed E-state index contributed by atoms with van der Waals surface area (Å²) in [5, 5.41) is 0. The van der Waals surface area contributed by atoms with Crippen LogP contribution in [0.2, 0.25) is 0 Å². The molecule has 0 aliphatic heterocycles. The Hall–Kier alpha value is -1.06. The molecule has 3 nitrogen and oxygen atoms in total. The van der Waals surface area contributed by atoms with Crippen LogP contribution in [0.15, 0.2) is 24.3 Å². The maximum absolute atomic E-state index is 5.91. The summed E-state index contributed by atoms with van der Waals surface area (Å²) in [5.74, 6) is 0.923. The zero-order valence-electron chi connectivity index (χ0n) is 10.7. The Labute approximate surface area is 104 Å². The van der Waals surface area contributed by atoms with E-state index in [4.69, 9.17) is 10.5 Å². The zero-order chi connectivity index (χ0) is 12.3. The molecule has 94 valence electrons. The molecule has 0 bridgehead atoms. The molecule has 17 heavy (non-hydrogen) atoms. The highest BCUT2D eigenvalue weighted by Gasteiger charge is 2.25. The van der Waals surface area contributed by atoms with Crippen molar-refractivity contribution in [3.05, 3.63) is 29.8 Å². The molecule has 0 heterocycles. The van der Waals surface area contributed by atoms with Gasteiger partial charge in [-0.25, -0.2) is 0 Å². The summed E-state index contributed by atoms with van der Waals surface area (Å²) in [7, 11) is 2.17. The van der Waals surface area contributed by atoms with Gasteiger partial charge in [0.25, 0.3) is 0 Å². The molecule has 0 aromatic heterocycles. The van der Waals surface area contributed by atoms with E-state index in [1.54, 1.807) is 0 Å². The number of nitrogens with two attached hydrogens (primary N) is 1. The molecule has 2 N–H and O–H groups in total. The first-order chi connectivity index (χ1) is 8.18. The van der Waals surface area contributed by atoms with Crippen molar-refractivity contribution in [2.24, 2.45) is 5.73 Å². The Balaban J connectivity index is 1.85. The van der Waals surface area contributed by atoms with E-state index in [0.29, 0.717) is 0 Å². The molecular weight excluding hydrogens is 212 g/mol. The van der Waals surface area contributed by atoms with Crippen molar-refractivity contribution in [2.75, 3.05) is 20.2 Å². The molecule has 1 aliphatic carbocycles. The first-order valence-electron chi connectivity index (χ1n) is 6.36. The molecule has 1 atom stereocenters. The molecule has 0 radical (unpaired) electrons. The van der Waals surface area contributed by atoms with Gasteiger partial charge in [-0.1, -0.05) is 18.2 Å². The van der Waals surface area contributed by atoms with Gasteiger partial charge in [-0.3, -0.25) is 0 Å². The summed E-state index contributed by atoms with van der Waals surface area (Å²) in [6, 6.07) is 8.84. The molecular formula is C14H22N2O.